The van der Waals surface area contributed by atoms with E-state index in [-0.39, 0.29) is 18.4 Å². The van der Waals surface area contributed by atoms with E-state index in [0.717, 1.165) is 13.1 Å². The predicted molar refractivity (Wildman–Crippen MR) is 101 cm³/mol. The molecule has 7 heteroatoms. The maximum absolute atomic E-state index is 12.3. The molecule has 26 heavy (non-hydrogen) atoms. The Morgan fingerprint density at radius 2 is 1.77 bits per heavy atom. The number of carbonyl (C=O) groups is 2. The van der Waals surface area contributed by atoms with Crippen molar-refractivity contribution in [2.45, 2.75) is 13.1 Å². The predicted octanol–water partition coefficient (Wildman–Crippen LogP) is 2.88. The van der Waals surface area contributed by atoms with E-state index in [1.165, 1.54) is 18.2 Å². The highest BCUT2D eigenvalue weighted by Crippen LogP contribution is 2.26. The van der Waals surface area contributed by atoms with Gasteiger partial charge in [0, 0.05) is 25.9 Å². The van der Waals surface area contributed by atoms with E-state index in [1.54, 1.807) is 18.2 Å². The molecule has 2 N–H and O–H groups in total. The van der Waals surface area contributed by atoms with Crippen LogP contribution >= 0.6 is 11.6 Å². The van der Waals surface area contributed by atoms with Crippen LogP contribution in [0, 0.1) is 0 Å². The first-order valence-corrected chi connectivity index (χ1v) is 8.60. The van der Waals surface area contributed by atoms with E-state index >= 15 is 0 Å². The van der Waals surface area contributed by atoms with Crippen LogP contribution in [0.3, 0.4) is 0 Å². The molecule has 6 nitrogen and oxygen atoms in total. The number of methoxy groups -OCH3 is 1. The number of ether oxygens (including phenoxy) is 1. The topological polar surface area (TPSA) is 70.7 Å². The van der Waals surface area contributed by atoms with E-state index in [0.29, 0.717) is 22.9 Å². The molecule has 1 aliphatic heterocycles. The highest BCUT2D eigenvalue weighted by Gasteiger charge is 2.20. The Hall–Kier alpha value is -2.41. The first-order valence-electron chi connectivity index (χ1n) is 8.22. The second-order valence-electron chi connectivity index (χ2n) is 6.14. The van der Waals surface area contributed by atoms with Crippen LogP contribution in [0.15, 0.2) is 42.5 Å². The van der Waals surface area contributed by atoms with Crippen molar-refractivity contribution in [3.05, 3.63) is 58.6 Å². The fourth-order valence-corrected chi connectivity index (χ4v) is 3.16. The van der Waals surface area contributed by atoms with Gasteiger partial charge >= 0.3 is 0 Å². The van der Waals surface area contributed by atoms with Crippen LogP contribution in [0.2, 0.25) is 5.02 Å². The van der Waals surface area contributed by atoms with E-state index in [4.69, 9.17) is 16.3 Å². The monoisotopic (exact) mass is 373 g/mol. The molecule has 136 valence electrons. The average Bonchev–Trinajstić information content (AvgIpc) is 2.99. The van der Waals surface area contributed by atoms with Gasteiger partial charge in [-0.2, -0.15) is 0 Å². The number of fused-ring (bicyclic) bond motifs is 1. The van der Waals surface area contributed by atoms with Crippen LogP contribution in [0.4, 0.5) is 11.4 Å². The Bertz CT molecular complexity index is 800. The quantitative estimate of drug-likeness (QED) is 0.816. The molecule has 0 radical (unpaired) electrons. The molecular weight excluding hydrogens is 354 g/mol. The first kappa shape index (κ1) is 18.4. The van der Waals surface area contributed by atoms with Gasteiger partial charge in [0.2, 0.25) is 11.8 Å². The minimum absolute atomic E-state index is 0.0486. The molecule has 0 bridgehead atoms. The zero-order valence-electron chi connectivity index (χ0n) is 14.4. The van der Waals surface area contributed by atoms with Crippen molar-refractivity contribution in [1.29, 1.82) is 0 Å². The number of carbonyl (C=O) groups excluding carboxylic acids is 2. The minimum Gasteiger partial charge on any atom is -0.375 e. The van der Waals surface area contributed by atoms with Gasteiger partial charge in [-0.1, -0.05) is 35.9 Å². The lowest BCUT2D eigenvalue weighted by Gasteiger charge is -2.15. The normalized spacial score (nSPS) is 13.3. The van der Waals surface area contributed by atoms with Gasteiger partial charge in [0.25, 0.3) is 0 Å². The Morgan fingerprint density at radius 3 is 2.38 bits per heavy atom. The van der Waals surface area contributed by atoms with Crippen LogP contribution in [-0.4, -0.2) is 37.0 Å². The van der Waals surface area contributed by atoms with Crippen molar-refractivity contribution >= 4 is 34.8 Å². The smallest absolute Gasteiger partial charge is 0.250 e. The van der Waals surface area contributed by atoms with Gasteiger partial charge < -0.3 is 15.4 Å². The standard InChI is InChI=1S/C19H20ClN3O3/c1-26-12-19(25)22-17-7-6-15(8-16(17)20)21-18(24)11-23-9-13-4-2-3-5-14(13)10-23/h2-8H,9-12H2,1H3,(H,21,24)(H,22,25). The Kier molecular flexibility index (Phi) is 5.88. The van der Waals surface area contributed by atoms with Gasteiger partial charge in [-0.15, -0.1) is 0 Å². The van der Waals surface area contributed by atoms with Crippen LogP contribution in [0.25, 0.3) is 0 Å². The van der Waals surface area contributed by atoms with Gasteiger partial charge in [-0.25, -0.2) is 0 Å². The molecule has 0 saturated carbocycles. The lowest BCUT2D eigenvalue weighted by atomic mass is 10.1. The maximum atomic E-state index is 12.3. The lowest BCUT2D eigenvalue weighted by Crippen LogP contribution is -2.29. The second-order valence-corrected chi connectivity index (χ2v) is 6.55. The van der Waals surface area contributed by atoms with E-state index in [1.807, 2.05) is 12.1 Å². The summed E-state index contributed by atoms with van der Waals surface area (Å²) in [5.41, 5.74) is 3.59. The van der Waals surface area contributed by atoms with Crippen molar-refractivity contribution in [3.63, 3.8) is 0 Å². The molecule has 2 amide bonds. The first-order chi connectivity index (χ1) is 12.5. The van der Waals surface area contributed by atoms with Crippen LogP contribution in [0.5, 0.6) is 0 Å². The van der Waals surface area contributed by atoms with E-state index in [2.05, 4.69) is 27.7 Å². The van der Waals surface area contributed by atoms with Gasteiger partial charge in [-0.05, 0) is 29.3 Å². The zero-order chi connectivity index (χ0) is 18.5. The van der Waals surface area contributed by atoms with Crippen LogP contribution in [0.1, 0.15) is 11.1 Å². The summed E-state index contributed by atoms with van der Waals surface area (Å²) in [6.07, 6.45) is 0. The molecule has 0 saturated heterocycles. The largest absolute Gasteiger partial charge is 0.375 e. The summed E-state index contributed by atoms with van der Waals surface area (Å²) in [7, 11) is 1.44. The van der Waals surface area contributed by atoms with E-state index in [9.17, 15) is 9.59 Å². The van der Waals surface area contributed by atoms with Gasteiger partial charge in [0.1, 0.15) is 6.61 Å². The molecule has 0 fully saturated rings. The van der Waals surface area contributed by atoms with Crippen molar-refractivity contribution < 1.29 is 14.3 Å². The second kappa shape index (κ2) is 8.31. The molecule has 0 atom stereocenters. The molecule has 2 aromatic rings. The summed E-state index contributed by atoms with van der Waals surface area (Å²) in [6, 6.07) is 13.2. The summed E-state index contributed by atoms with van der Waals surface area (Å²) in [5.74, 6) is -0.398. The Morgan fingerprint density at radius 1 is 1.08 bits per heavy atom. The number of halogens is 1. The fourth-order valence-electron chi connectivity index (χ4n) is 2.93. The highest BCUT2D eigenvalue weighted by atomic mass is 35.5. The minimum atomic E-state index is -0.292. The van der Waals surface area contributed by atoms with Crippen LogP contribution in [-0.2, 0) is 27.4 Å². The fraction of sp³-hybridized carbons (Fsp3) is 0.263. The SMILES string of the molecule is COCC(=O)Nc1ccc(NC(=O)CN2Cc3ccccc3C2)cc1Cl. The summed E-state index contributed by atoms with van der Waals surface area (Å²) in [5, 5.41) is 5.83. The van der Waals surface area contributed by atoms with Crippen molar-refractivity contribution in [2.24, 2.45) is 0 Å². The number of nitrogens with zero attached hydrogens (tertiary/aromatic N) is 1. The molecule has 0 unspecified atom stereocenters. The van der Waals surface area contributed by atoms with Crippen molar-refractivity contribution in [2.75, 3.05) is 30.9 Å². The summed E-state index contributed by atoms with van der Waals surface area (Å²) >= 11 is 6.17. The number of anilines is 2. The number of hydrogen-bond acceptors (Lipinski definition) is 4. The summed E-state index contributed by atoms with van der Waals surface area (Å²) < 4.78 is 4.76. The molecule has 1 aliphatic rings. The third-order valence-electron chi connectivity index (χ3n) is 4.08. The number of amides is 2. The Balaban J connectivity index is 1.55. The third-order valence-corrected chi connectivity index (χ3v) is 4.39. The average molecular weight is 374 g/mol. The molecule has 0 aromatic heterocycles. The van der Waals surface area contributed by atoms with Gasteiger partial charge in [0.15, 0.2) is 0 Å². The van der Waals surface area contributed by atoms with E-state index < -0.39 is 0 Å². The molecule has 0 spiro atoms. The molecule has 3 rings (SSSR count). The van der Waals surface area contributed by atoms with Gasteiger partial charge in [-0.3, -0.25) is 14.5 Å². The Labute approximate surface area is 157 Å². The zero-order valence-corrected chi connectivity index (χ0v) is 15.2. The van der Waals surface area contributed by atoms with Crippen molar-refractivity contribution in [3.8, 4) is 0 Å². The highest BCUT2D eigenvalue weighted by molar-refractivity contribution is 6.34. The van der Waals surface area contributed by atoms with Crippen molar-refractivity contribution in [1.82, 2.24) is 4.90 Å². The molecule has 1 heterocycles. The third kappa shape index (κ3) is 4.60. The number of rotatable bonds is 6. The van der Waals surface area contributed by atoms with Crippen LogP contribution < -0.4 is 10.6 Å². The van der Waals surface area contributed by atoms with Gasteiger partial charge in [0.05, 0.1) is 17.3 Å². The molecular formula is C19H20ClN3O3. The molecule has 0 aliphatic carbocycles. The summed E-state index contributed by atoms with van der Waals surface area (Å²) in [6.45, 7) is 1.80. The number of nitrogens with one attached hydrogen (secondary N) is 2. The summed E-state index contributed by atoms with van der Waals surface area (Å²) in [4.78, 5) is 25.9. The maximum Gasteiger partial charge on any atom is 0.250 e. The number of benzene rings is 2. The molecule has 2 aromatic carbocycles. The number of hydrogen-bond donors (Lipinski definition) is 2. The lowest BCUT2D eigenvalue weighted by molar-refractivity contribution is -0.119.